The number of hydrogen-bond donors (Lipinski definition) is 0. The molecule has 2 nitrogen and oxygen atoms in total. The van der Waals surface area contributed by atoms with Crippen LogP contribution >= 0.6 is 0 Å². The highest BCUT2D eigenvalue weighted by Gasteiger charge is 1.85. The van der Waals surface area contributed by atoms with Gasteiger partial charge in [-0.3, -0.25) is 4.99 Å². The Labute approximate surface area is 44.9 Å². The van der Waals surface area contributed by atoms with Crippen LogP contribution in [0.4, 0.5) is 0 Å². The fourth-order valence-electron chi connectivity index (χ4n) is 0.200. The van der Waals surface area contributed by atoms with Crippen molar-refractivity contribution in [3.63, 3.8) is 0 Å². The zero-order valence-electron chi connectivity index (χ0n) is 5.39. The lowest BCUT2D eigenvalue weighted by molar-refractivity contribution is 0.617. The van der Waals surface area contributed by atoms with Crippen LogP contribution in [0.15, 0.2) is 4.99 Å². The quantitative estimate of drug-likeness (QED) is 0.321. The third kappa shape index (κ3) is 2.20. The van der Waals surface area contributed by atoms with Crippen LogP contribution in [0.25, 0.3) is 0 Å². The summed E-state index contributed by atoms with van der Waals surface area (Å²) in [6.45, 7) is 1.97. The summed E-state index contributed by atoms with van der Waals surface area (Å²) in [6.07, 6.45) is 0. The molecule has 0 saturated carbocycles. The van der Waals surface area contributed by atoms with E-state index in [1.54, 1.807) is 7.05 Å². The van der Waals surface area contributed by atoms with Gasteiger partial charge in [0.25, 0.3) is 0 Å². The van der Waals surface area contributed by atoms with E-state index < -0.39 is 0 Å². The molecule has 0 fully saturated rings. The van der Waals surface area contributed by atoms with Crippen molar-refractivity contribution in [1.29, 1.82) is 0 Å². The largest absolute Gasteiger partial charge is 0.367 e. The summed E-state index contributed by atoms with van der Waals surface area (Å²) in [7, 11) is 5.74. The van der Waals surface area contributed by atoms with E-state index in [0.29, 0.717) is 0 Å². The maximum Gasteiger partial charge on any atom is 0.0948 e. The minimum atomic E-state index is 1.06. The van der Waals surface area contributed by atoms with Crippen molar-refractivity contribution in [2.75, 3.05) is 21.1 Å². The molecule has 0 aromatic carbocycles. The Morgan fingerprint density at radius 1 is 1.43 bits per heavy atom. The second-order valence-electron chi connectivity index (χ2n) is 1.67. The lowest BCUT2D eigenvalue weighted by Crippen LogP contribution is -2.17. The first-order chi connectivity index (χ1) is 3.18. The maximum absolute atomic E-state index is 3.93. The molecule has 0 heterocycles. The van der Waals surface area contributed by atoms with Crippen molar-refractivity contribution in [2.24, 2.45) is 4.99 Å². The van der Waals surface area contributed by atoms with Crippen LogP contribution in [0.1, 0.15) is 6.92 Å². The first kappa shape index (κ1) is 6.47. The van der Waals surface area contributed by atoms with Gasteiger partial charge in [0.05, 0.1) is 5.84 Å². The van der Waals surface area contributed by atoms with Gasteiger partial charge < -0.3 is 4.90 Å². The minimum absolute atomic E-state index is 1.06. The fraction of sp³-hybridized carbons (Fsp3) is 0.800. The molecule has 0 aliphatic heterocycles. The Balaban J connectivity index is 3.56. The van der Waals surface area contributed by atoms with Gasteiger partial charge in [-0.2, -0.15) is 0 Å². The van der Waals surface area contributed by atoms with Crippen molar-refractivity contribution in [2.45, 2.75) is 6.92 Å². The summed E-state index contributed by atoms with van der Waals surface area (Å²) in [4.78, 5) is 5.90. The lowest BCUT2D eigenvalue weighted by atomic mass is 10.6. The molecule has 0 aliphatic carbocycles. The van der Waals surface area contributed by atoms with Crippen LogP contribution in [-0.2, 0) is 0 Å². The molecule has 0 aromatic rings. The van der Waals surface area contributed by atoms with E-state index in [0.717, 1.165) is 5.84 Å². The molecule has 0 bridgehead atoms. The van der Waals surface area contributed by atoms with Crippen molar-refractivity contribution >= 4 is 5.84 Å². The summed E-state index contributed by atoms with van der Waals surface area (Å²) in [5.41, 5.74) is 0. The third-order valence-electron chi connectivity index (χ3n) is 0.971. The Bertz CT molecular complexity index is 74.1. The predicted molar refractivity (Wildman–Crippen MR) is 32.7 cm³/mol. The van der Waals surface area contributed by atoms with Crippen LogP contribution < -0.4 is 0 Å². The van der Waals surface area contributed by atoms with Crippen LogP contribution in [0.2, 0.25) is 0 Å². The lowest BCUT2D eigenvalue weighted by Gasteiger charge is -2.08. The van der Waals surface area contributed by atoms with Crippen molar-refractivity contribution in [1.82, 2.24) is 4.90 Å². The summed E-state index contributed by atoms with van der Waals surface area (Å²) < 4.78 is 0. The smallest absolute Gasteiger partial charge is 0.0948 e. The molecule has 42 valence electrons. The molecular weight excluding hydrogens is 88.1 g/mol. The monoisotopic (exact) mass is 100 g/mol. The normalized spacial score (nSPS) is 11.7. The Morgan fingerprint density at radius 3 is 1.86 bits per heavy atom. The Morgan fingerprint density at radius 2 is 1.86 bits per heavy atom. The van der Waals surface area contributed by atoms with Crippen molar-refractivity contribution in [3.05, 3.63) is 0 Å². The fourth-order valence-corrected chi connectivity index (χ4v) is 0.200. The van der Waals surface area contributed by atoms with Gasteiger partial charge in [0.15, 0.2) is 0 Å². The summed E-state index contributed by atoms with van der Waals surface area (Å²) >= 11 is 0. The Hall–Kier alpha value is -0.530. The van der Waals surface area contributed by atoms with Gasteiger partial charge in [-0.05, 0) is 6.92 Å². The first-order valence-electron chi connectivity index (χ1n) is 2.29. The molecule has 0 saturated heterocycles. The van der Waals surface area contributed by atoms with Gasteiger partial charge in [0.1, 0.15) is 0 Å². The number of hydrogen-bond acceptors (Lipinski definition) is 1. The van der Waals surface area contributed by atoms with E-state index >= 15 is 0 Å². The minimum Gasteiger partial charge on any atom is -0.367 e. The molecule has 0 N–H and O–H groups in total. The molecule has 0 atom stereocenters. The van der Waals surface area contributed by atoms with Gasteiger partial charge in [-0.15, -0.1) is 0 Å². The van der Waals surface area contributed by atoms with Crippen molar-refractivity contribution < 1.29 is 0 Å². The second-order valence-corrected chi connectivity index (χ2v) is 1.67. The highest BCUT2D eigenvalue weighted by atomic mass is 15.1. The van der Waals surface area contributed by atoms with Gasteiger partial charge in [0, 0.05) is 21.1 Å². The number of rotatable bonds is 0. The molecule has 0 radical (unpaired) electrons. The van der Waals surface area contributed by atoms with E-state index in [4.69, 9.17) is 0 Å². The average Bonchev–Trinajstić information content (AvgIpc) is 1.65. The van der Waals surface area contributed by atoms with Crippen LogP contribution in [0.5, 0.6) is 0 Å². The number of amidine groups is 1. The molecule has 0 rings (SSSR count). The molecule has 7 heavy (non-hydrogen) atoms. The molecule has 2 heteroatoms. The summed E-state index contributed by atoms with van der Waals surface area (Å²) in [5.74, 6) is 1.06. The SMILES string of the molecule is C/N=C(/C)N(C)C. The molecule has 0 spiro atoms. The molecule has 0 aromatic heterocycles. The van der Waals surface area contributed by atoms with E-state index in [2.05, 4.69) is 4.99 Å². The average molecular weight is 100 g/mol. The van der Waals surface area contributed by atoms with E-state index in [1.807, 2.05) is 25.9 Å². The molecule has 0 unspecified atom stereocenters. The zero-order valence-corrected chi connectivity index (χ0v) is 5.39. The summed E-state index contributed by atoms with van der Waals surface area (Å²) in [6, 6.07) is 0. The van der Waals surface area contributed by atoms with E-state index in [9.17, 15) is 0 Å². The van der Waals surface area contributed by atoms with Crippen molar-refractivity contribution in [3.8, 4) is 0 Å². The van der Waals surface area contributed by atoms with Gasteiger partial charge in [0.2, 0.25) is 0 Å². The third-order valence-corrected chi connectivity index (χ3v) is 0.971. The van der Waals surface area contributed by atoms with E-state index in [-0.39, 0.29) is 0 Å². The number of nitrogens with zero attached hydrogens (tertiary/aromatic N) is 2. The van der Waals surface area contributed by atoms with Crippen LogP contribution in [0, 0.1) is 0 Å². The highest BCUT2D eigenvalue weighted by molar-refractivity contribution is 5.78. The predicted octanol–water partition coefficient (Wildman–Crippen LogP) is 0.596. The molecule has 0 amide bonds. The number of aliphatic imine (C=N–C) groups is 1. The standard InChI is InChI=1S/C5H12N2/c1-5(6-2)7(3)4/h1-4H3/b6-5-. The summed E-state index contributed by atoms with van der Waals surface area (Å²) in [5, 5.41) is 0. The van der Waals surface area contributed by atoms with E-state index in [1.165, 1.54) is 0 Å². The maximum atomic E-state index is 3.93. The first-order valence-corrected chi connectivity index (χ1v) is 2.29. The van der Waals surface area contributed by atoms with Gasteiger partial charge in [-0.25, -0.2) is 0 Å². The Kier molecular flexibility index (Phi) is 2.41. The van der Waals surface area contributed by atoms with Crippen LogP contribution in [0.3, 0.4) is 0 Å². The zero-order chi connectivity index (χ0) is 5.86. The second kappa shape index (κ2) is 2.61. The van der Waals surface area contributed by atoms with Gasteiger partial charge in [-0.1, -0.05) is 0 Å². The topological polar surface area (TPSA) is 15.6 Å². The van der Waals surface area contributed by atoms with Crippen LogP contribution in [-0.4, -0.2) is 31.9 Å². The molecule has 0 aliphatic rings. The molecular formula is C5H12N2. The highest BCUT2D eigenvalue weighted by Crippen LogP contribution is 1.76. The van der Waals surface area contributed by atoms with Gasteiger partial charge >= 0.3 is 0 Å².